The molecule has 18 heavy (non-hydrogen) atoms. The number of anilines is 1. The SMILES string of the molecule is Cc1cc(Br)c(NC2CCN(C)C(C)C2)c(Br)c1. The van der Waals surface area contributed by atoms with E-state index in [0.29, 0.717) is 12.1 Å². The summed E-state index contributed by atoms with van der Waals surface area (Å²) < 4.78 is 2.28. The molecule has 1 aliphatic heterocycles. The Morgan fingerprint density at radius 1 is 1.28 bits per heavy atom. The highest BCUT2D eigenvalue weighted by Gasteiger charge is 2.23. The number of piperidine rings is 1. The Kier molecular flexibility index (Phi) is 4.73. The normalized spacial score (nSPS) is 25.2. The number of hydrogen-bond acceptors (Lipinski definition) is 2. The zero-order valence-electron chi connectivity index (χ0n) is 11.1. The van der Waals surface area contributed by atoms with Crippen molar-refractivity contribution in [3.63, 3.8) is 0 Å². The fourth-order valence-electron chi connectivity index (χ4n) is 2.46. The summed E-state index contributed by atoms with van der Waals surface area (Å²) in [7, 11) is 2.21. The van der Waals surface area contributed by atoms with Crippen LogP contribution in [-0.4, -0.2) is 30.6 Å². The molecule has 0 spiro atoms. The first-order chi connectivity index (χ1) is 8.47. The van der Waals surface area contributed by atoms with Crippen LogP contribution in [0.2, 0.25) is 0 Å². The maximum absolute atomic E-state index is 3.68. The van der Waals surface area contributed by atoms with Crippen molar-refractivity contribution < 1.29 is 0 Å². The zero-order valence-corrected chi connectivity index (χ0v) is 14.3. The third-order valence-corrected chi connectivity index (χ3v) is 4.99. The van der Waals surface area contributed by atoms with Crippen molar-refractivity contribution in [3.8, 4) is 0 Å². The Balaban J connectivity index is 2.10. The lowest BCUT2D eigenvalue weighted by atomic mass is 9.98. The van der Waals surface area contributed by atoms with E-state index >= 15 is 0 Å². The summed E-state index contributed by atoms with van der Waals surface area (Å²) in [5.74, 6) is 0. The van der Waals surface area contributed by atoms with E-state index in [1.54, 1.807) is 0 Å². The van der Waals surface area contributed by atoms with Crippen LogP contribution < -0.4 is 5.32 Å². The molecule has 4 heteroatoms. The van der Waals surface area contributed by atoms with Crippen molar-refractivity contribution in [1.29, 1.82) is 0 Å². The minimum Gasteiger partial charge on any atom is -0.380 e. The lowest BCUT2D eigenvalue weighted by Crippen LogP contribution is -2.42. The molecular formula is C14H20Br2N2. The number of rotatable bonds is 2. The summed E-state index contributed by atoms with van der Waals surface area (Å²) in [5.41, 5.74) is 2.44. The first kappa shape index (κ1) is 14.4. The number of nitrogens with one attached hydrogen (secondary N) is 1. The topological polar surface area (TPSA) is 15.3 Å². The molecule has 0 aliphatic carbocycles. The van der Waals surface area contributed by atoms with Crippen LogP contribution in [0.1, 0.15) is 25.3 Å². The minimum atomic E-state index is 0.562. The van der Waals surface area contributed by atoms with E-state index in [9.17, 15) is 0 Å². The second-order valence-corrected chi connectivity index (χ2v) is 7.01. The van der Waals surface area contributed by atoms with Crippen LogP contribution in [0.5, 0.6) is 0 Å². The second kappa shape index (κ2) is 5.93. The highest BCUT2D eigenvalue weighted by atomic mass is 79.9. The average Bonchev–Trinajstić information content (AvgIpc) is 2.28. The summed E-state index contributed by atoms with van der Waals surface area (Å²) in [5, 5.41) is 3.68. The minimum absolute atomic E-state index is 0.562. The van der Waals surface area contributed by atoms with E-state index in [1.165, 1.54) is 30.6 Å². The smallest absolute Gasteiger partial charge is 0.0631 e. The quantitative estimate of drug-likeness (QED) is 0.823. The molecule has 1 aromatic carbocycles. The predicted octanol–water partition coefficient (Wildman–Crippen LogP) is 4.41. The van der Waals surface area contributed by atoms with Crippen LogP contribution in [0.15, 0.2) is 21.1 Å². The standard InChI is InChI=1S/C14H20Br2N2/c1-9-6-12(15)14(13(16)7-9)17-11-4-5-18(3)10(2)8-11/h6-7,10-11,17H,4-5,8H2,1-3H3. The molecule has 2 atom stereocenters. The van der Waals surface area contributed by atoms with Gasteiger partial charge in [-0.1, -0.05) is 0 Å². The van der Waals surface area contributed by atoms with Crippen molar-refractivity contribution in [1.82, 2.24) is 4.90 Å². The lowest BCUT2D eigenvalue weighted by Gasteiger charge is -2.36. The molecule has 100 valence electrons. The van der Waals surface area contributed by atoms with Gasteiger partial charge in [-0.15, -0.1) is 0 Å². The molecule has 1 aliphatic rings. The summed E-state index contributed by atoms with van der Waals surface area (Å²) in [6, 6.07) is 5.53. The maximum Gasteiger partial charge on any atom is 0.0631 e. The fourth-order valence-corrected chi connectivity index (χ4v) is 4.11. The Labute approximate surface area is 126 Å². The molecule has 1 saturated heterocycles. The molecule has 2 unspecified atom stereocenters. The van der Waals surface area contributed by atoms with Crippen molar-refractivity contribution in [2.24, 2.45) is 0 Å². The Bertz CT molecular complexity index is 411. The lowest BCUT2D eigenvalue weighted by molar-refractivity contribution is 0.190. The first-order valence-electron chi connectivity index (χ1n) is 6.40. The van der Waals surface area contributed by atoms with Crippen molar-refractivity contribution in [2.45, 2.75) is 38.8 Å². The van der Waals surface area contributed by atoms with E-state index in [4.69, 9.17) is 0 Å². The van der Waals surface area contributed by atoms with E-state index in [2.05, 4.69) is 75.1 Å². The number of hydrogen-bond donors (Lipinski definition) is 1. The summed E-state index contributed by atoms with van der Waals surface area (Å²) >= 11 is 7.30. The number of aryl methyl sites for hydroxylation is 1. The average molecular weight is 376 g/mol. The zero-order chi connectivity index (χ0) is 13.3. The molecule has 1 aromatic rings. The third kappa shape index (κ3) is 3.28. The van der Waals surface area contributed by atoms with Crippen molar-refractivity contribution in [2.75, 3.05) is 18.9 Å². The van der Waals surface area contributed by atoms with Gasteiger partial charge in [0.15, 0.2) is 0 Å². The largest absolute Gasteiger partial charge is 0.380 e. The number of nitrogens with zero attached hydrogens (tertiary/aromatic N) is 1. The van der Waals surface area contributed by atoms with Crippen molar-refractivity contribution >= 4 is 37.5 Å². The Morgan fingerprint density at radius 2 is 1.89 bits per heavy atom. The van der Waals surface area contributed by atoms with Crippen LogP contribution in [0.3, 0.4) is 0 Å². The van der Waals surface area contributed by atoms with Gasteiger partial charge in [0.2, 0.25) is 0 Å². The number of benzene rings is 1. The number of halogens is 2. The van der Waals surface area contributed by atoms with Crippen LogP contribution in [0.4, 0.5) is 5.69 Å². The molecule has 0 saturated carbocycles. The van der Waals surface area contributed by atoms with Gasteiger partial charge in [-0.2, -0.15) is 0 Å². The highest BCUT2D eigenvalue weighted by Crippen LogP contribution is 2.34. The van der Waals surface area contributed by atoms with E-state index in [1.807, 2.05) is 0 Å². The summed E-state index contributed by atoms with van der Waals surface area (Å²) in [4.78, 5) is 2.43. The third-order valence-electron chi connectivity index (χ3n) is 3.74. The molecule has 1 N–H and O–H groups in total. The van der Waals surface area contributed by atoms with Gasteiger partial charge < -0.3 is 10.2 Å². The molecule has 0 radical (unpaired) electrons. The molecular weight excluding hydrogens is 356 g/mol. The molecule has 1 heterocycles. The molecule has 2 nitrogen and oxygen atoms in total. The van der Waals surface area contributed by atoms with Gasteiger partial charge in [0.05, 0.1) is 5.69 Å². The molecule has 2 rings (SSSR count). The van der Waals surface area contributed by atoms with Gasteiger partial charge in [-0.05, 0) is 83.3 Å². The van der Waals surface area contributed by atoms with Crippen LogP contribution in [0, 0.1) is 6.92 Å². The van der Waals surface area contributed by atoms with Crippen LogP contribution in [-0.2, 0) is 0 Å². The Hall–Kier alpha value is -0.0600. The van der Waals surface area contributed by atoms with Gasteiger partial charge in [-0.25, -0.2) is 0 Å². The van der Waals surface area contributed by atoms with Gasteiger partial charge in [0.1, 0.15) is 0 Å². The Morgan fingerprint density at radius 3 is 2.44 bits per heavy atom. The highest BCUT2D eigenvalue weighted by molar-refractivity contribution is 9.11. The summed E-state index contributed by atoms with van der Waals surface area (Å²) in [6.45, 7) is 5.57. The van der Waals surface area contributed by atoms with Crippen molar-refractivity contribution in [3.05, 3.63) is 26.6 Å². The van der Waals surface area contributed by atoms with Gasteiger partial charge in [0.25, 0.3) is 0 Å². The monoisotopic (exact) mass is 374 g/mol. The first-order valence-corrected chi connectivity index (χ1v) is 7.98. The summed E-state index contributed by atoms with van der Waals surface area (Å²) in [6.07, 6.45) is 2.40. The number of likely N-dealkylation sites (tertiary alicyclic amines) is 1. The van der Waals surface area contributed by atoms with Gasteiger partial charge in [0, 0.05) is 27.6 Å². The van der Waals surface area contributed by atoms with E-state index < -0.39 is 0 Å². The predicted molar refractivity (Wildman–Crippen MR) is 85.3 cm³/mol. The van der Waals surface area contributed by atoms with Crippen LogP contribution >= 0.6 is 31.9 Å². The van der Waals surface area contributed by atoms with Gasteiger partial charge in [-0.3, -0.25) is 0 Å². The maximum atomic E-state index is 3.68. The molecule has 0 aromatic heterocycles. The molecule has 0 bridgehead atoms. The molecule has 0 amide bonds. The van der Waals surface area contributed by atoms with Gasteiger partial charge >= 0.3 is 0 Å². The molecule has 1 fully saturated rings. The van der Waals surface area contributed by atoms with E-state index in [-0.39, 0.29) is 0 Å². The fraction of sp³-hybridized carbons (Fsp3) is 0.571. The second-order valence-electron chi connectivity index (χ2n) is 5.30. The van der Waals surface area contributed by atoms with Crippen LogP contribution in [0.25, 0.3) is 0 Å². The van der Waals surface area contributed by atoms with E-state index in [0.717, 1.165) is 8.95 Å².